The second kappa shape index (κ2) is 5.13. The van der Waals surface area contributed by atoms with Crippen LogP contribution in [0.15, 0.2) is 30.3 Å². The van der Waals surface area contributed by atoms with Crippen LogP contribution in [-0.4, -0.2) is 24.2 Å². The summed E-state index contributed by atoms with van der Waals surface area (Å²) in [5, 5.41) is 0. The number of aryl methyl sites for hydroxylation is 2. The molecule has 0 bridgehead atoms. The highest BCUT2D eigenvalue weighted by Gasteiger charge is 2.15. The second-order valence-corrected chi connectivity index (χ2v) is 5.10. The lowest BCUT2D eigenvalue weighted by Crippen LogP contribution is -1.93. The molecule has 0 saturated heterocycles. The average Bonchev–Trinajstić information content (AvgIpc) is 2.90. The Balaban J connectivity index is 2.23. The van der Waals surface area contributed by atoms with Crippen molar-refractivity contribution < 1.29 is 9.47 Å². The lowest BCUT2D eigenvalue weighted by Gasteiger charge is -2.10. The number of nitrogens with one attached hydrogen (secondary N) is 1. The number of para-hydroxylation sites is 1. The standard InChI is InChI=1S/C17H18N2O2/c1-10-8-11(2)15-13(9-10)18-17(19-15)12-6-5-7-14(20-3)16(12)21-4/h5-9H,1-4H3,(H,18,19). The van der Waals surface area contributed by atoms with Gasteiger partial charge in [0.05, 0.1) is 30.8 Å². The quantitative estimate of drug-likeness (QED) is 0.793. The first kappa shape index (κ1) is 13.5. The van der Waals surface area contributed by atoms with Crippen LogP contribution in [0.2, 0.25) is 0 Å². The van der Waals surface area contributed by atoms with Crippen molar-refractivity contribution in [1.82, 2.24) is 9.97 Å². The van der Waals surface area contributed by atoms with Gasteiger partial charge >= 0.3 is 0 Å². The summed E-state index contributed by atoms with van der Waals surface area (Å²) in [5.41, 5.74) is 5.29. The van der Waals surface area contributed by atoms with Gasteiger partial charge in [-0.15, -0.1) is 0 Å². The van der Waals surface area contributed by atoms with Crippen LogP contribution in [0.3, 0.4) is 0 Å². The third-order valence-corrected chi connectivity index (χ3v) is 3.58. The summed E-state index contributed by atoms with van der Waals surface area (Å²) >= 11 is 0. The van der Waals surface area contributed by atoms with Crippen molar-refractivity contribution in [3.05, 3.63) is 41.5 Å². The summed E-state index contributed by atoms with van der Waals surface area (Å²) in [7, 11) is 3.27. The fourth-order valence-corrected chi connectivity index (χ4v) is 2.67. The zero-order valence-corrected chi connectivity index (χ0v) is 12.7. The van der Waals surface area contributed by atoms with Crippen LogP contribution < -0.4 is 9.47 Å². The van der Waals surface area contributed by atoms with Crippen molar-refractivity contribution >= 4 is 11.0 Å². The fraction of sp³-hybridized carbons (Fsp3) is 0.235. The minimum Gasteiger partial charge on any atom is -0.493 e. The molecule has 1 heterocycles. The molecular formula is C17H18N2O2. The van der Waals surface area contributed by atoms with Crippen molar-refractivity contribution in [2.24, 2.45) is 0 Å². The number of ether oxygens (including phenoxy) is 2. The lowest BCUT2D eigenvalue weighted by atomic mass is 10.1. The largest absolute Gasteiger partial charge is 0.493 e. The lowest BCUT2D eigenvalue weighted by molar-refractivity contribution is 0.356. The number of nitrogens with zero attached hydrogens (tertiary/aromatic N) is 1. The van der Waals surface area contributed by atoms with Crippen LogP contribution in [0.25, 0.3) is 22.4 Å². The first-order valence-corrected chi connectivity index (χ1v) is 6.82. The molecule has 3 aromatic rings. The molecule has 21 heavy (non-hydrogen) atoms. The van der Waals surface area contributed by atoms with Crippen molar-refractivity contribution in [1.29, 1.82) is 0 Å². The number of hydrogen-bond acceptors (Lipinski definition) is 3. The first-order valence-electron chi connectivity index (χ1n) is 6.82. The van der Waals surface area contributed by atoms with E-state index in [1.54, 1.807) is 14.2 Å². The third-order valence-electron chi connectivity index (χ3n) is 3.58. The van der Waals surface area contributed by atoms with E-state index in [9.17, 15) is 0 Å². The molecule has 0 aliphatic carbocycles. The maximum absolute atomic E-state index is 5.49. The van der Waals surface area contributed by atoms with Crippen molar-refractivity contribution in [2.45, 2.75) is 13.8 Å². The Bertz CT molecular complexity index is 806. The molecule has 108 valence electrons. The van der Waals surface area contributed by atoms with Gasteiger partial charge in [-0.2, -0.15) is 0 Å². The normalized spacial score (nSPS) is 10.9. The van der Waals surface area contributed by atoms with E-state index in [-0.39, 0.29) is 0 Å². The molecule has 0 amide bonds. The monoisotopic (exact) mass is 282 g/mol. The molecule has 0 spiro atoms. The highest BCUT2D eigenvalue weighted by atomic mass is 16.5. The van der Waals surface area contributed by atoms with E-state index >= 15 is 0 Å². The second-order valence-electron chi connectivity index (χ2n) is 5.10. The van der Waals surface area contributed by atoms with Gasteiger partial charge in [0.1, 0.15) is 5.82 Å². The molecular weight excluding hydrogens is 264 g/mol. The molecule has 2 aromatic carbocycles. The van der Waals surface area contributed by atoms with Crippen LogP contribution in [0.5, 0.6) is 11.5 Å². The topological polar surface area (TPSA) is 47.1 Å². The summed E-state index contributed by atoms with van der Waals surface area (Å²) in [5.74, 6) is 2.17. The number of H-pyrrole nitrogens is 1. The van der Waals surface area contributed by atoms with Gasteiger partial charge in [-0.25, -0.2) is 4.98 Å². The molecule has 0 aliphatic rings. The Labute approximate surface area is 123 Å². The zero-order valence-electron chi connectivity index (χ0n) is 12.7. The van der Waals surface area contributed by atoms with Crippen molar-refractivity contribution in [3.63, 3.8) is 0 Å². The van der Waals surface area contributed by atoms with Gasteiger partial charge in [-0.05, 0) is 43.2 Å². The number of rotatable bonds is 3. The first-order chi connectivity index (χ1) is 10.1. The molecule has 4 nitrogen and oxygen atoms in total. The SMILES string of the molecule is COc1cccc(-c2nc3c(C)cc(C)cc3[nH]2)c1OC. The molecule has 1 N–H and O–H groups in total. The van der Waals surface area contributed by atoms with Gasteiger partial charge in [0.2, 0.25) is 0 Å². The summed E-state index contributed by atoms with van der Waals surface area (Å²) in [6.07, 6.45) is 0. The maximum Gasteiger partial charge on any atom is 0.171 e. The van der Waals surface area contributed by atoms with E-state index in [2.05, 4.69) is 31.0 Å². The Morgan fingerprint density at radius 3 is 2.57 bits per heavy atom. The Morgan fingerprint density at radius 1 is 1.05 bits per heavy atom. The number of methoxy groups -OCH3 is 2. The number of hydrogen-bond donors (Lipinski definition) is 1. The van der Waals surface area contributed by atoms with Crippen LogP contribution >= 0.6 is 0 Å². The van der Waals surface area contributed by atoms with Crippen LogP contribution in [0, 0.1) is 13.8 Å². The molecule has 4 heteroatoms. The van der Waals surface area contributed by atoms with Crippen LogP contribution in [0.1, 0.15) is 11.1 Å². The number of fused-ring (bicyclic) bond motifs is 1. The van der Waals surface area contributed by atoms with Crippen molar-refractivity contribution in [3.8, 4) is 22.9 Å². The average molecular weight is 282 g/mol. The van der Waals surface area contributed by atoms with E-state index in [0.29, 0.717) is 11.5 Å². The number of imidazole rings is 1. The number of benzene rings is 2. The molecule has 0 fully saturated rings. The van der Waals surface area contributed by atoms with Gasteiger partial charge in [0.25, 0.3) is 0 Å². The van der Waals surface area contributed by atoms with Crippen LogP contribution in [0.4, 0.5) is 0 Å². The van der Waals surface area contributed by atoms with E-state index in [4.69, 9.17) is 14.5 Å². The third kappa shape index (κ3) is 2.23. The van der Waals surface area contributed by atoms with Gasteiger partial charge in [-0.3, -0.25) is 0 Å². The predicted octanol–water partition coefficient (Wildman–Crippen LogP) is 3.86. The minimum atomic E-state index is 0.688. The molecule has 0 saturated carbocycles. The minimum absolute atomic E-state index is 0.688. The van der Waals surface area contributed by atoms with Gasteiger partial charge in [0, 0.05) is 0 Å². The van der Waals surface area contributed by atoms with E-state index < -0.39 is 0 Å². The van der Waals surface area contributed by atoms with E-state index in [0.717, 1.165) is 28.0 Å². The Morgan fingerprint density at radius 2 is 1.86 bits per heavy atom. The summed E-state index contributed by atoms with van der Waals surface area (Å²) in [6.45, 7) is 4.15. The summed E-state index contributed by atoms with van der Waals surface area (Å²) in [4.78, 5) is 8.09. The van der Waals surface area contributed by atoms with Gasteiger partial charge < -0.3 is 14.5 Å². The molecule has 1 aromatic heterocycles. The molecule has 3 rings (SSSR count). The van der Waals surface area contributed by atoms with E-state index in [1.165, 1.54) is 5.56 Å². The Hall–Kier alpha value is -2.49. The fourth-order valence-electron chi connectivity index (χ4n) is 2.67. The maximum atomic E-state index is 5.49. The highest BCUT2D eigenvalue weighted by molar-refractivity contribution is 5.84. The molecule has 0 radical (unpaired) electrons. The smallest absolute Gasteiger partial charge is 0.171 e. The number of aromatic nitrogens is 2. The van der Waals surface area contributed by atoms with E-state index in [1.807, 2.05) is 18.2 Å². The molecule has 0 aliphatic heterocycles. The van der Waals surface area contributed by atoms with Gasteiger partial charge in [-0.1, -0.05) is 12.1 Å². The summed E-state index contributed by atoms with van der Waals surface area (Å²) in [6, 6.07) is 10.0. The van der Waals surface area contributed by atoms with Crippen molar-refractivity contribution in [2.75, 3.05) is 14.2 Å². The van der Waals surface area contributed by atoms with Crippen LogP contribution in [-0.2, 0) is 0 Å². The predicted molar refractivity (Wildman–Crippen MR) is 84.1 cm³/mol. The Kier molecular flexibility index (Phi) is 3.29. The number of aromatic amines is 1. The summed E-state index contributed by atoms with van der Waals surface area (Å²) < 4.78 is 10.8. The molecule has 0 atom stereocenters. The molecule has 0 unspecified atom stereocenters. The zero-order chi connectivity index (χ0) is 15.0. The van der Waals surface area contributed by atoms with Gasteiger partial charge in [0.15, 0.2) is 11.5 Å². The highest BCUT2D eigenvalue weighted by Crippen LogP contribution is 2.37.